The monoisotopic (exact) mass is 331 g/mol. The predicted molar refractivity (Wildman–Crippen MR) is 77.3 cm³/mol. The lowest BCUT2D eigenvalue weighted by Gasteiger charge is -2.17. The zero-order chi connectivity index (χ0) is 16.0. The maximum atomic E-state index is 11.9. The number of terminal acetylenes is 1. The molecule has 0 saturated carbocycles. The summed E-state index contributed by atoms with van der Waals surface area (Å²) in [6, 6.07) is 0. The Bertz CT molecular complexity index is 674. The SMILES string of the molecule is C#CCN(CC(=O)O)C(=O)Cc1csc(NS(C)(=O)=O)n1. The maximum Gasteiger partial charge on any atom is 0.323 e. The third-order valence-electron chi connectivity index (χ3n) is 2.12. The third-order valence-corrected chi connectivity index (χ3v) is 3.62. The molecule has 0 spiro atoms. The highest BCUT2D eigenvalue weighted by Gasteiger charge is 2.18. The van der Waals surface area contributed by atoms with Crippen molar-refractivity contribution in [1.82, 2.24) is 9.88 Å². The van der Waals surface area contributed by atoms with Crippen LogP contribution in [0, 0.1) is 12.3 Å². The Labute approximate surface area is 125 Å². The molecule has 0 atom stereocenters. The zero-order valence-electron chi connectivity index (χ0n) is 11.1. The number of nitrogens with one attached hydrogen (secondary N) is 1. The van der Waals surface area contributed by atoms with Crippen molar-refractivity contribution in [2.45, 2.75) is 6.42 Å². The fourth-order valence-electron chi connectivity index (χ4n) is 1.37. The van der Waals surface area contributed by atoms with Crippen LogP contribution in [0.4, 0.5) is 5.13 Å². The number of aliphatic carboxylic acids is 1. The van der Waals surface area contributed by atoms with Crippen molar-refractivity contribution in [2.75, 3.05) is 24.1 Å². The first-order chi connectivity index (χ1) is 9.71. The summed E-state index contributed by atoms with van der Waals surface area (Å²) in [5.74, 6) is 0.544. The van der Waals surface area contributed by atoms with Gasteiger partial charge in [0.2, 0.25) is 15.9 Å². The van der Waals surface area contributed by atoms with Gasteiger partial charge in [0.15, 0.2) is 5.13 Å². The summed E-state index contributed by atoms with van der Waals surface area (Å²) in [7, 11) is -3.43. The van der Waals surface area contributed by atoms with Crippen LogP contribution in [0.3, 0.4) is 0 Å². The molecule has 0 radical (unpaired) electrons. The smallest absolute Gasteiger partial charge is 0.323 e. The second-order valence-electron chi connectivity index (χ2n) is 4.04. The molecule has 8 nitrogen and oxygen atoms in total. The van der Waals surface area contributed by atoms with Crippen molar-refractivity contribution in [3.8, 4) is 12.3 Å². The van der Waals surface area contributed by atoms with E-state index in [1.165, 1.54) is 5.38 Å². The molecule has 0 aliphatic carbocycles. The van der Waals surface area contributed by atoms with Crippen LogP contribution in [0.15, 0.2) is 5.38 Å². The van der Waals surface area contributed by atoms with Gasteiger partial charge in [0.05, 0.1) is 24.9 Å². The average molecular weight is 331 g/mol. The molecular formula is C11H13N3O5S2. The fourth-order valence-corrected chi connectivity index (χ4v) is 2.93. The Morgan fingerprint density at radius 2 is 2.24 bits per heavy atom. The summed E-state index contributed by atoms with van der Waals surface area (Å²) in [6.07, 6.45) is 5.91. The third kappa shape index (κ3) is 6.24. The van der Waals surface area contributed by atoms with E-state index in [4.69, 9.17) is 11.5 Å². The molecule has 0 aliphatic heterocycles. The van der Waals surface area contributed by atoms with E-state index in [0.717, 1.165) is 22.5 Å². The number of carboxylic acid groups (broad SMARTS) is 1. The summed E-state index contributed by atoms with van der Waals surface area (Å²) in [5.41, 5.74) is 0.337. The van der Waals surface area contributed by atoms with Gasteiger partial charge >= 0.3 is 5.97 Å². The number of thiazole rings is 1. The summed E-state index contributed by atoms with van der Waals surface area (Å²) in [5, 5.41) is 10.4. The molecule has 114 valence electrons. The first-order valence-electron chi connectivity index (χ1n) is 5.56. The van der Waals surface area contributed by atoms with Crippen LogP contribution >= 0.6 is 11.3 Å². The van der Waals surface area contributed by atoms with Gasteiger partial charge in [0.1, 0.15) is 6.54 Å². The molecular weight excluding hydrogens is 318 g/mol. The van der Waals surface area contributed by atoms with Crippen molar-refractivity contribution in [1.29, 1.82) is 0 Å². The summed E-state index contributed by atoms with van der Waals surface area (Å²) >= 11 is 1.03. The number of carbonyl (C=O) groups excluding carboxylic acids is 1. The quantitative estimate of drug-likeness (QED) is 0.657. The van der Waals surface area contributed by atoms with Crippen LogP contribution in [0.1, 0.15) is 5.69 Å². The first-order valence-corrected chi connectivity index (χ1v) is 8.33. The summed E-state index contributed by atoms with van der Waals surface area (Å²) in [4.78, 5) is 27.5. The highest BCUT2D eigenvalue weighted by atomic mass is 32.2. The molecule has 1 aromatic heterocycles. The molecule has 10 heteroatoms. The molecule has 0 saturated heterocycles. The van der Waals surface area contributed by atoms with Crippen molar-refractivity contribution in [3.05, 3.63) is 11.1 Å². The van der Waals surface area contributed by atoms with Crippen molar-refractivity contribution in [3.63, 3.8) is 0 Å². The highest BCUT2D eigenvalue weighted by molar-refractivity contribution is 7.92. The van der Waals surface area contributed by atoms with E-state index in [9.17, 15) is 18.0 Å². The number of anilines is 1. The van der Waals surface area contributed by atoms with Gasteiger partial charge in [-0.15, -0.1) is 17.8 Å². The van der Waals surface area contributed by atoms with E-state index >= 15 is 0 Å². The van der Waals surface area contributed by atoms with E-state index in [0.29, 0.717) is 5.69 Å². The summed E-state index contributed by atoms with van der Waals surface area (Å²) in [6.45, 7) is -0.620. The van der Waals surface area contributed by atoms with Crippen molar-refractivity contribution >= 4 is 38.4 Å². The Morgan fingerprint density at radius 1 is 1.57 bits per heavy atom. The lowest BCUT2D eigenvalue weighted by molar-refractivity contribution is -0.143. The fraction of sp³-hybridized carbons (Fsp3) is 0.364. The van der Waals surface area contributed by atoms with Crippen LogP contribution in [0.25, 0.3) is 0 Å². The van der Waals surface area contributed by atoms with Crippen LogP contribution < -0.4 is 4.72 Å². The number of carboxylic acids is 1. The molecule has 21 heavy (non-hydrogen) atoms. The molecule has 1 heterocycles. The number of carbonyl (C=O) groups is 2. The van der Waals surface area contributed by atoms with E-state index in [1.807, 2.05) is 0 Å². The van der Waals surface area contributed by atoms with Crippen molar-refractivity contribution in [2.24, 2.45) is 0 Å². The number of hydrogen-bond acceptors (Lipinski definition) is 6. The molecule has 1 aromatic rings. The maximum absolute atomic E-state index is 11.9. The number of hydrogen-bond donors (Lipinski definition) is 2. The van der Waals surface area contributed by atoms with E-state index in [2.05, 4.69) is 15.6 Å². The van der Waals surface area contributed by atoms with E-state index < -0.39 is 28.4 Å². The Balaban J connectivity index is 2.73. The molecule has 0 fully saturated rings. The number of sulfonamides is 1. The van der Waals surface area contributed by atoms with Gasteiger partial charge in [0, 0.05) is 5.38 Å². The minimum absolute atomic E-state index is 0.121. The van der Waals surface area contributed by atoms with Crippen LogP contribution in [0.5, 0.6) is 0 Å². The normalized spacial score (nSPS) is 10.7. The van der Waals surface area contributed by atoms with E-state index in [-0.39, 0.29) is 18.1 Å². The van der Waals surface area contributed by atoms with Crippen molar-refractivity contribution < 1.29 is 23.1 Å². The van der Waals surface area contributed by atoms with E-state index in [1.54, 1.807) is 0 Å². The van der Waals surface area contributed by atoms with Crippen LogP contribution in [0.2, 0.25) is 0 Å². The minimum atomic E-state index is -3.43. The van der Waals surface area contributed by atoms with Gasteiger partial charge in [-0.1, -0.05) is 5.92 Å². The average Bonchev–Trinajstić information content (AvgIpc) is 2.72. The predicted octanol–water partition coefficient (Wildman–Crippen LogP) is -0.396. The Morgan fingerprint density at radius 3 is 2.76 bits per heavy atom. The lowest BCUT2D eigenvalue weighted by Crippen LogP contribution is -2.37. The largest absolute Gasteiger partial charge is 0.480 e. The topological polar surface area (TPSA) is 117 Å². The van der Waals surface area contributed by atoms with Gasteiger partial charge in [-0.25, -0.2) is 13.4 Å². The minimum Gasteiger partial charge on any atom is -0.480 e. The molecule has 2 N–H and O–H groups in total. The Kier molecular flexibility index (Phi) is 5.69. The molecule has 1 rings (SSSR count). The number of amides is 1. The molecule has 1 amide bonds. The number of aromatic nitrogens is 1. The molecule has 0 aliphatic rings. The first kappa shape index (κ1) is 16.9. The molecule has 0 aromatic carbocycles. The molecule has 0 unspecified atom stereocenters. The standard InChI is InChI=1S/C11H13N3O5S2/c1-3-4-14(6-10(16)17)9(15)5-8-7-20-11(12-8)13-21(2,18)19/h1,7H,4-6H2,2H3,(H,12,13)(H,16,17). The highest BCUT2D eigenvalue weighted by Crippen LogP contribution is 2.17. The van der Waals surface area contributed by atoms with Gasteiger partial charge in [-0.05, 0) is 0 Å². The molecule has 0 bridgehead atoms. The van der Waals surface area contributed by atoms with Gasteiger partial charge in [-0.3, -0.25) is 14.3 Å². The van der Waals surface area contributed by atoms with Gasteiger partial charge in [0.25, 0.3) is 0 Å². The van der Waals surface area contributed by atoms with Gasteiger partial charge < -0.3 is 10.0 Å². The number of rotatable bonds is 7. The van der Waals surface area contributed by atoms with Crippen LogP contribution in [-0.2, 0) is 26.0 Å². The Hall–Kier alpha value is -2.12. The second kappa shape index (κ2) is 7.05. The number of nitrogens with zero attached hydrogens (tertiary/aromatic N) is 2. The van der Waals surface area contributed by atoms with Gasteiger partial charge in [-0.2, -0.15) is 0 Å². The van der Waals surface area contributed by atoms with Crippen LogP contribution in [-0.4, -0.2) is 54.6 Å². The lowest BCUT2D eigenvalue weighted by atomic mass is 10.3. The summed E-state index contributed by atoms with van der Waals surface area (Å²) < 4.78 is 24.3. The zero-order valence-corrected chi connectivity index (χ0v) is 12.7. The second-order valence-corrected chi connectivity index (χ2v) is 6.65.